The number of aromatic nitrogens is 3. The fraction of sp³-hybridized carbons (Fsp3) is 0.286. The largest absolute Gasteiger partial charge is 0.497 e. The monoisotopic (exact) mass is 362 g/mol. The summed E-state index contributed by atoms with van der Waals surface area (Å²) in [7, 11) is 1.65. The number of nitrogens with one attached hydrogen (secondary N) is 1. The van der Waals surface area contributed by atoms with Crippen LogP contribution in [0.15, 0.2) is 48.7 Å². The third-order valence-electron chi connectivity index (χ3n) is 4.95. The van der Waals surface area contributed by atoms with Crippen LogP contribution in [0, 0.1) is 6.92 Å². The maximum Gasteiger partial charge on any atom is 0.223 e. The number of amides is 1. The SMILES string of the molecule is COc1ccc(-c2nc([C@@H]3CC(=O)N(Cc4ccccn4)C3)[nH]c2C)cc1. The molecule has 0 spiro atoms. The van der Waals surface area contributed by atoms with Crippen molar-refractivity contribution < 1.29 is 9.53 Å². The highest BCUT2D eigenvalue weighted by Crippen LogP contribution is 2.31. The molecule has 0 bridgehead atoms. The van der Waals surface area contributed by atoms with Gasteiger partial charge in [-0.15, -0.1) is 0 Å². The number of imidazole rings is 1. The third kappa shape index (κ3) is 3.56. The first-order chi connectivity index (χ1) is 13.1. The Morgan fingerprint density at radius 1 is 1.22 bits per heavy atom. The number of aryl methyl sites for hydroxylation is 1. The van der Waals surface area contributed by atoms with Crippen molar-refractivity contribution in [1.82, 2.24) is 19.9 Å². The standard InChI is InChI=1S/C21H22N4O2/c1-14-20(15-6-8-18(27-2)9-7-15)24-21(23-14)16-11-19(26)25(12-16)13-17-5-3-4-10-22-17/h3-10,16H,11-13H2,1-2H3,(H,23,24)/t16-/m1/s1. The lowest BCUT2D eigenvalue weighted by Crippen LogP contribution is -2.24. The zero-order chi connectivity index (χ0) is 18.8. The van der Waals surface area contributed by atoms with Gasteiger partial charge in [-0.2, -0.15) is 0 Å². The Labute approximate surface area is 158 Å². The van der Waals surface area contributed by atoms with Crippen LogP contribution in [0.4, 0.5) is 0 Å². The Hall–Kier alpha value is -3.15. The number of nitrogens with zero attached hydrogens (tertiary/aromatic N) is 3. The summed E-state index contributed by atoms with van der Waals surface area (Å²) in [6.07, 6.45) is 2.23. The molecule has 138 valence electrons. The lowest BCUT2D eigenvalue weighted by molar-refractivity contribution is -0.128. The predicted octanol–water partition coefficient (Wildman–Crippen LogP) is 3.30. The van der Waals surface area contributed by atoms with Gasteiger partial charge in [0.15, 0.2) is 0 Å². The maximum atomic E-state index is 12.4. The molecule has 3 heterocycles. The van der Waals surface area contributed by atoms with Crippen molar-refractivity contribution in [3.63, 3.8) is 0 Å². The summed E-state index contributed by atoms with van der Waals surface area (Å²) in [6.45, 7) is 3.21. The van der Waals surface area contributed by atoms with Crippen molar-refractivity contribution in [2.45, 2.75) is 25.8 Å². The number of rotatable bonds is 5. The smallest absolute Gasteiger partial charge is 0.223 e. The van der Waals surface area contributed by atoms with Crippen molar-refractivity contribution in [1.29, 1.82) is 0 Å². The lowest BCUT2D eigenvalue weighted by atomic mass is 10.1. The van der Waals surface area contributed by atoms with E-state index < -0.39 is 0 Å². The molecule has 0 radical (unpaired) electrons. The Bertz CT molecular complexity index is 935. The van der Waals surface area contributed by atoms with Crippen LogP contribution in [0.1, 0.15) is 29.6 Å². The Balaban J connectivity index is 1.51. The molecule has 1 N–H and O–H groups in total. The molecular weight excluding hydrogens is 340 g/mol. The summed E-state index contributed by atoms with van der Waals surface area (Å²) in [6, 6.07) is 13.6. The van der Waals surface area contributed by atoms with Gasteiger partial charge in [0, 0.05) is 36.3 Å². The molecular formula is C21H22N4O2. The van der Waals surface area contributed by atoms with Gasteiger partial charge in [0.1, 0.15) is 11.6 Å². The van der Waals surface area contributed by atoms with Gasteiger partial charge in [0.05, 0.1) is 25.0 Å². The molecule has 2 aromatic heterocycles. The summed E-state index contributed by atoms with van der Waals surface area (Å²) in [4.78, 5) is 26.8. The molecule has 0 unspecified atom stereocenters. The van der Waals surface area contributed by atoms with E-state index in [-0.39, 0.29) is 11.8 Å². The number of carbonyl (C=O) groups excluding carboxylic acids is 1. The van der Waals surface area contributed by atoms with Crippen LogP contribution in [0.25, 0.3) is 11.3 Å². The fourth-order valence-electron chi connectivity index (χ4n) is 3.50. The topological polar surface area (TPSA) is 71.1 Å². The first-order valence-corrected chi connectivity index (χ1v) is 9.02. The van der Waals surface area contributed by atoms with Gasteiger partial charge >= 0.3 is 0 Å². The first kappa shape index (κ1) is 17.3. The minimum absolute atomic E-state index is 0.0758. The molecule has 1 saturated heterocycles. The molecule has 1 aromatic carbocycles. The Kier molecular flexibility index (Phi) is 4.62. The predicted molar refractivity (Wildman–Crippen MR) is 102 cm³/mol. The summed E-state index contributed by atoms with van der Waals surface area (Å²) in [5.41, 5.74) is 3.86. The molecule has 6 heteroatoms. The van der Waals surface area contributed by atoms with Crippen LogP contribution in [-0.4, -0.2) is 39.4 Å². The van der Waals surface area contributed by atoms with E-state index in [9.17, 15) is 4.79 Å². The maximum absolute atomic E-state index is 12.4. The molecule has 3 aromatic rings. The molecule has 1 aliphatic heterocycles. The van der Waals surface area contributed by atoms with Crippen LogP contribution >= 0.6 is 0 Å². The summed E-state index contributed by atoms with van der Waals surface area (Å²) < 4.78 is 5.22. The van der Waals surface area contributed by atoms with E-state index in [2.05, 4.69) is 9.97 Å². The first-order valence-electron chi connectivity index (χ1n) is 9.02. The van der Waals surface area contributed by atoms with Crippen LogP contribution in [-0.2, 0) is 11.3 Å². The number of pyridine rings is 1. The van der Waals surface area contributed by atoms with Gasteiger partial charge in [-0.25, -0.2) is 4.98 Å². The zero-order valence-corrected chi connectivity index (χ0v) is 15.5. The molecule has 6 nitrogen and oxygen atoms in total. The Morgan fingerprint density at radius 2 is 2.04 bits per heavy atom. The van der Waals surface area contributed by atoms with E-state index in [4.69, 9.17) is 9.72 Å². The quantitative estimate of drug-likeness (QED) is 0.756. The molecule has 1 aliphatic rings. The van der Waals surface area contributed by atoms with E-state index >= 15 is 0 Å². The van der Waals surface area contributed by atoms with Gasteiger partial charge in [-0.05, 0) is 43.3 Å². The normalized spacial score (nSPS) is 16.7. The van der Waals surface area contributed by atoms with Gasteiger partial charge in [0.25, 0.3) is 0 Å². The second-order valence-electron chi connectivity index (χ2n) is 6.82. The highest BCUT2D eigenvalue weighted by atomic mass is 16.5. The number of benzene rings is 1. The number of likely N-dealkylation sites (tertiary alicyclic amines) is 1. The van der Waals surface area contributed by atoms with Crippen LogP contribution < -0.4 is 4.74 Å². The minimum Gasteiger partial charge on any atom is -0.497 e. The van der Waals surface area contributed by atoms with E-state index in [0.29, 0.717) is 19.5 Å². The fourth-order valence-corrected chi connectivity index (χ4v) is 3.50. The van der Waals surface area contributed by atoms with Crippen LogP contribution in [0.5, 0.6) is 5.75 Å². The second-order valence-corrected chi connectivity index (χ2v) is 6.82. The molecule has 4 rings (SSSR count). The molecule has 1 amide bonds. The van der Waals surface area contributed by atoms with Gasteiger partial charge in [-0.1, -0.05) is 6.07 Å². The van der Waals surface area contributed by atoms with Gasteiger partial charge < -0.3 is 14.6 Å². The van der Waals surface area contributed by atoms with E-state index in [1.54, 1.807) is 13.3 Å². The number of hydrogen-bond donors (Lipinski definition) is 1. The lowest BCUT2D eigenvalue weighted by Gasteiger charge is -2.15. The van der Waals surface area contributed by atoms with E-state index in [1.807, 2.05) is 54.3 Å². The van der Waals surface area contributed by atoms with Crippen molar-refractivity contribution in [2.24, 2.45) is 0 Å². The summed E-state index contributed by atoms with van der Waals surface area (Å²) >= 11 is 0. The van der Waals surface area contributed by atoms with E-state index in [1.165, 1.54) is 0 Å². The van der Waals surface area contributed by atoms with Crippen molar-refractivity contribution in [3.8, 4) is 17.0 Å². The number of hydrogen-bond acceptors (Lipinski definition) is 4. The zero-order valence-electron chi connectivity index (χ0n) is 15.5. The molecule has 1 atom stereocenters. The van der Waals surface area contributed by atoms with Crippen LogP contribution in [0.2, 0.25) is 0 Å². The Morgan fingerprint density at radius 3 is 2.74 bits per heavy atom. The van der Waals surface area contributed by atoms with Gasteiger partial charge in [0.2, 0.25) is 5.91 Å². The van der Waals surface area contributed by atoms with Crippen LogP contribution in [0.3, 0.4) is 0 Å². The van der Waals surface area contributed by atoms with Gasteiger partial charge in [-0.3, -0.25) is 9.78 Å². The highest BCUT2D eigenvalue weighted by molar-refractivity contribution is 5.79. The number of ether oxygens (including phenoxy) is 1. The molecule has 27 heavy (non-hydrogen) atoms. The summed E-state index contributed by atoms with van der Waals surface area (Å²) in [5.74, 6) is 1.91. The number of H-pyrrole nitrogens is 1. The summed E-state index contributed by atoms with van der Waals surface area (Å²) in [5, 5.41) is 0. The van der Waals surface area contributed by atoms with Crippen molar-refractivity contribution in [3.05, 3.63) is 65.9 Å². The molecule has 1 fully saturated rings. The number of methoxy groups -OCH3 is 1. The average Bonchev–Trinajstić information content (AvgIpc) is 3.26. The van der Waals surface area contributed by atoms with Crippen molar-refractivity contribution in [2.75, 3.05) is 13.7 Å². The van der Waals surface area contributed by atoms with Crippen molar-refractivity contribution >= 4 is 5.91 Å². The number of aromatic amines is 1. The minimum atomic E-state index is 0.0758. The number of carbonyl (C=O) groups is 1. The molecule has 0 aliphatic carbocycles. The third-order valence-corrected chi connectivity index (χ3v) is 4.95. The van der Waals surface area contributed by atoms with E-state index in [0.717, 1.165) is 34.2 Å². The average molecular weight is 362 g/mol. The highest BCUT2D eigenvalue weighted by Gasteiger charge is 2.33. The second kappa shape index (κ2) is 7.23. The molecule has 0 saturated carbocycles.